The van der Waals surface area contributed by atoms with Crippen LogP contribution in [0.2, 0.25) is 0 Å². The van der Waals surface area contributed by atoms with Gasteiger partial charge in [-0.1, -0.05) is 13.5 Å². The maximum absolute atomic E-state index is 11.1. The van der Waals surface area contributed by atoms with E-state index in [1.54, 1.807) is 0 Å². The predicted octanol–water partition coefficient (Wildman–Crippen LogP) is 3.10. The largest absolute Gasteiger partial charge is 0.460 e. The van der Waals surface area contributed by atoms with Crippen molar-refractivity contribution in [2.24, 2.45) is 0 Å². The van der Waals surface area contributed by atoms with Crippen LogP contribution >= 0.6 is 0 Å². The Kier molecular flexibility index (Phi) is 7.30. The minimum Gasteiger partial charge on any atom is -0.460 e. The van der Waals surface area contributed by atoms with Gasteiger partial charge in [-0.25, -0.2) is 4.79 Å². The van der Waals surface area contributed by atoms with Crippen LogP contribution in [0.3, 0.4) is 0 Å². The molecule has 0 N–H and O–H groups in total. The van der Waals surface area contributed by atoms with Gasteiger partial charge in [0.05, 0.1) is 17.8 Å². The fraction of sp³-hybridized carbons (Fsp3) is 0.800. The fourth-order valence-corrected chi connectivity index (χ4v) is 1.23. The summed E-state index contributed by atoms with van der Waals surface area (Å²) in [6.07, 6.45) is 1.74. The Labute approximate surface area is 117 Å². The van der Waals surface area contributed by atoms with E-state index < -0.39 is 5.97 Å². The molecule has 0 aromatic heterocycles. The predicted molar refractivity (Wildman–Crippen MR) is 76.1 cm³/mol. The molecule has 1 atom stereocenters. The smallest absolute Gasteiger partial charge is 0.330 e. The van der Waals surface area contributed by atoms with Gasteiger partial charge in [-0.15, -0.1) is 0 Å². The van der Waals surface area contributed by atoms with Gasteiger partial charge in [0.2, 0.25) is 0 Å². The molecule has 4 nitrogen and oxygen atoms in total. The first-order valence-electron chi connectivity index (χ1n) is 6.70. The van der Waals surface area contributed by atoms with E-state index in [4.69, 9.17) is 14.2 Å². The van der Waals surface area contributed by atoms with Gasteiger partial charge in [-0.2, -0.15) is 0 Å². The molecular formula is C15H28O4. The Morgan fingerprint density at radius 1 is 1.21 bits per heavy atom. The maximum Gasteiger partial charge on any atom is 0.330 e. The third kappa shape index (κ3) is 9.68. The summed E-state index contributed by atoms with van der Waals surface area (Å²) in [6.45, 7) is 15.9. The molecule has 0 aliphatic rings. The van der Waals surface area contributed by atoms with E-state index in [-0.39, 0.29) is 23.9 Å². The Bertz CT molecular complexity index is 289. The zero-order chi connectivity index (χ0) is 15.1. The van der Waals surface area contributed by atoms with Crippen LogP contribution in [0.15, 0.2) is 12.7 Å². The molecule has 0 aromatic rings. The molecule has 0 radical (unpaired) electrons. The molecule has 0 heterocycles. The van der Waals surface area contributed by atoms with Gasteiger partial charge in [0.15, 0.2) is 0 Å². The topological polar surface area (TPSA) is 44.8 Å². The average Bonchev–Trinajstić information content (AvgIpc) is 2.31. The molecular weight excluding hydrogens is 244 g/mol. The van der Waals surface area contributed by atoms with Crippen LogP contribution in [0.1, 0.15) is 48.0 Å². The van der Waals surface area contributed by atoms with E-state index in [0.29, 0.717) is 6.61 Å². The average molecular weight is 272 g/mol. The SMILES string of the molecule is C=CC(=O)OCC(COC(C)(C)C)OC(C)(C)CC. The molecule has 0 bridgehead atoms. The molecule has 0 spiro atoms. The van der Waals surface area contributed by atoms with Crippen molar-refractivity contribution in [1.29, 1.82) is 0 Å². The van der Waals surface area contributed by atoms with Crippen LogP contribution in [0.25, 0.3) is 0 Å². The molecule has 19 heavy (non-hydrogen) atoms. The van der Waals surface area contributed by atoms with E-state index in [2.05, 4.69) is 13.5 Å². The summed E-state index contributed by atoms with van der Waals surface area (Å²) < 4.78 is 16.7. The Balaban J connectivity index is 4.46. The van der Waals surface area contributed by atoms with Crippen LogP contribution in [0.4, 0.5) is 0 Å². The van der Waals surface area contributed by atoms with Crippen molar-refractivity contribution in [2.45, 2.75) is 65.3 Å². The van der Waals surface area contributed by atoms with E-state index in [1.165, 1.54) is 0 Å². The lowest BCUT2D eigenvalue weighted by Crippen LogP contribution is -2.38. The van der Waals surface area contributed by atoms with Crippen molar-refractivity contribution < 1.29 is 19.0 Å². The number of rotatable bonds is 8. The number of hydrogen-bond acceptors (Lipinski definition) is 4. The van der Waals surface area contributed by atoms with Gasteiger partial charge < -0.3 is 14.2 Å². The maximum atomic E-state index is 11.1. The molecule has 0 rings (SSSR count). The first-order chi connectivity index (χ1) is 8.59. The van der Waals surface area contributed by atoms with Crippen LogP contribution in [0.5, 0.6) is 0 Å². The highest BCUT2D eigenvalue weighted by molar-refractivity contribution is 5.81. The van der Waals surface area contributed by atoms with Gasteiger partial charge in [0.25, 0.3) is 0 Å². The quantitative estimate of drug-likeness (QED) is 0.503. The van der Waals surface area contributed by atoms with Gasteiger partial charge in [0.1, 0.15) is 12.7 Å². The molecule has 0 aromatic carbocycles. The third-order valence-corrected chi connectivity index (χ3v) is 2.62. The molecule has 1 unspecified atom stereocenters. The summed E-state index contributed by atoms with van der Waals surface area (Å²) in [5.74, 6) is -0.446. The van der Waals surface area contributed by atoms with E-state index in [9.17, 15) is 4.79 Å². The van der Waals surface area contributed by atoms with Crippen LogP contribution in [-0.4, -0.2) is 36.5 Å². The summed E-state index contributed by atoms with van der Waals surface area (Å²) in [5.41, 5.74) is -0.521. The van der Waals surface area contributed by atoms with Crippen molar-refractivity contribution in [2.75, 3.05) is 13.2 Å². The second kappa shape index (κ2) is 7.65. The van der Waals surface area contributed by atoms with Crippen molar-refractivity contribution in [3.8, 4) is 0 Å². The molecule has 0 saturated carbocycles. The van der Waals surface area contributed by atoms with Crippen LogP contribution in [-0.2, 0) is 19.0 Å². The van der Waals surface area contributed by atoms with Gasteiger partial charge >= 0.3 is 5.97 Å². The highest BCUT2D eigenvalue weighted by atomic mass is 16.6. The minimum absolute atomic E-state index is 0.171. The van der Waals surface area contributed by atoms with Crippen LogP contribution < -0.4 is 0 Å². The van der Waals surface area contributed by atoms with Crippen molar-refractivity contribution in [3.05, 3.63) is 12.7 Å². The van der Waals surface area contributed by atoms with Crippen molar-refractivity contribution in [3.63, 3.8) is 0 Å². The Hall–Kier alpha value is -0.870. The van der Waals surface area contributed by atoms with Gasteiger partial charge in [0, 0.05) is 6.08 Å². The molecule has 0 saturated heterocycles. The molecule has 0 aliphatic carbocycles. The highest BCUT2D eigenvalue weighted by Crippen LogP contribution is 2.18. The first kappa shape index (κ1) is 18.1. The second-order valence-corrected chi connectivity index (χ2v) is 6.11. The highest BCUT2D eigenvalue weighted by Gasteiger charge is 2.24. The summed E-state index contributed by atoms with van der Waals surface area (Å²) in [7, 11) is 0. The number of hydrogen-bond donors (Lipinski definition) is 0. The number of carbonyl (C=O) groups is 1. The minimum atomic E-state index is -0.446. The molecule has 0 amide bonds. The van der Waals surface area contributed by atoms with Crippen molar-refractivity contribution in [1.82, 2.24) is 0 Å². The normalized spacial score (nSPS) is 14.0. The Morgan fingerprint density at radius 3 is 2.21 bits per heavy atom. The lowest BCUT2D eigenvalue weighted by Gasteiger charge is -2.31. The number of esters is 1. The summed E-state index contributed by atoms with van der Waals surface area (Å²) in [5, 5.41) is 0. The van der Waals surface area contributed by atoms with E-state index in [1.807, 2.05) is 34.6 Å². The van der Waals surface area contributed by atoms with Gasteiger partial charge in [-0.3, -0.25) is 0 Å². The van der Waals surface area contributed by atoms with E-state index in [0.717, 1.165) is 12.5 Å². The fourth-order valence-electron chi connectivity index (χ4n) is 1.23. The van der Waals surface area contributed by atoms with Crippen molar-refractivity contribution >= 4 is 5.97 Å². The molecule has 0 aliphatic heterocycles. The zero-order valence-corrected chi connectivity index (χ0v) is 13.1. The lowest BCUT2D eigenvalue weighted by molar-refractivity contribution is -0.161. The van der Waals surface area contributed by atoms with Crippen LogP contribution in [0, 0.1) is 0 Å². The second-order valence-electron chi connectivity index (χ2n) is 6.11. The monoisotopic (exact) mass is 272 g/mol. The first-order valence-corrected chi connectivity index (χ1v) is 6.70. The molecule has 0 fully saturated rings. The summed E-state index contributed by atoms with van der Waals surface area (Å²) in [6, 6.07) is 0. The zero-order valence-electron chi connectivity index (χ0n) is 13.1. The Morgan fingerprint density at radius 2 is 1.79 bits per heavy atom. The summed E-state index contributed by atoms with van der Waals surface area (Å²) in [4.78, 5) is 11.1. The summed E-state index contributed by atoms with van der Waals surface area (Å²) >= 11 is 0. The molecule has 112 valence electrons. The van der Waals surface area contributed by atoms with Gasteiger partial charge in [-0.05, 0) is 41.0 Å². The number of carbonyl (C=O) groups excluding carboxylic acids is 1. The van der Waals surface area contributed by atoms with E-state index >= 15 is 0 Å². The molecule has 4 heteroatoms. The standard InChI is InChI=1S/C15H28O4/c1-8-13(16)17-10-12(11-18-14(3,4)5)19-15(6,7)9-2/h8,12H,1,9-11H2,2-7H3. The third-order valence-electron chi connectivity index (χ3n) is 2.62. The lowest BCUT2D eigenvalue weighted by atomic mass is 10.1. The number of ether oxygens (including phenoxy) is 3.